The van der Waals surface area contributed by atoms with E-state index in [1.54, 1.807) is 13.1 Å². The van der Waals surface area contributed by atoms with Crippen LogP contribution in [0, 0.1) is 13.8 Å². The maximum absolute atomic E-state index is 12.6. The lowest BCUT2D eigenvalue weighted by Crippen LogP contribution is -2.33. The normalized spacial score (nSPS) is 11.8. The molecule has 0 aliphatic carbocycles. The number of nitrogens with one attached hydrogen (secondary N) is 2. The van der Waals surface area contributed by atoms with E-state index in [-0.39, 0.29) is 18.9 Å². The molecule has 1 atom stereocenters. The van der Waals surface area contributed by atoms with Crippen LogP contribution in [0.2, 0.25) is 0 Å². The zero-order valence-electron chi connectivity index (χ0n) is 20.6. The first kappa shape index (κ1) is 25.6. The first-order valence-electron chi connectivity index (χ1n) is 11.6. The molecule has 2 amide bonds. The lowest BCUT2D eigenvalue weighted by molar-refractivity contribution is -0.121. The van der Waals surface area contributed by atoms with Gasteiger partial charge in [0.05, 0.1) is 31.9 Å². The van der Waals surface area contributed by atoms with E-state index in [9.17, 15) is 9.59 Å². The topological polar surface area (TPSA) is 94.0 Å². The van der Waals surface area contributed by atoms with Gasteiger partial charge in [0.2, 0.25) is 5.91 Å². The zero-order chi connectivity index (χ0) is 25.2. The Labute approximate surface area is 205 Å². The largest absolute Gasteiger partial charge is 0.494 e. The smallest absolute Gasteiger partial charge is 0.407 e. The Morgan fingerprint density at radius 2 is 1.74 bits per heavy atom. The monoisotopic (exact) mass is 476 g/mol. The highest BCUT2D eigenvalue weighted by Crippen LogP contribution is 2.22. The van der Waals surface area contributed by atoms with Gasteiger partial charge in [-0.2, -0.15) is 5.10 Å². The van der Waals surface area contributed by atoms with Crippen LogP contribution in [0.25, 0.3) is 5.69 Å². The third kappa shape index (κ3) is 6.96. The second-order valence-corrected chi connectivity index (χ2v) is 7.91. The zero-order valence-corrected chi connectivity index (χ0v) is 20.6. The van der Waals surface area contributed by atoms with Crippen LogP contribution in [-0.2, 0) is 9.53 Å². The Balaban J connectivity index is 1.67. The molecule has 1 aromatic heterocycles. The van der Waals surface area contributed by atoms with E-state index in [1.165, 1.54) is 0 Å². The molecular formula is C27H32N4O4. The number of hydrogen-bond acceptors (Lipinski definition) is 5. The molecule has 1 heterocycles. The van der Waals surface area contributed by atoms with Crippen molar-refractivity contribution >= 4 is 18.2 Å². The maximum atomic E-state index is 12.6. The predicted octanol–water partition coefficient (Wildman–Crippen LogP) is 4.82. The third-order valence-corrected chi connectivity index (χ3v) is 5.43. The van der Waals surface area contributed by atoms with E-state index in [0.29, 0.717) is 6.61 Å². The molecule has 0 saturated carbocycles. The fourth-order valence-electron chi connectivity index (χ4n) is 3.83. The molecule has 0 aliphatic rings. The van der Waals surface area contributed by atoms with Gasteiger partial charge in [0.15, 0.2) is 0 Å². The summed E-state index contributed by atoms with van der Waals surface area (Å²) in [5.74, 6) is 0.502. The van der Waals surface area contributed by atoms with Gasteiger partial charge < -0.3 is 19.4 Å². The minimum Gasteiger partial charge on any atom is -0.494 e. The van der Waals surface area contributed by atoms with Crippen molar-refractivity contribution in [1.82, 2.24) is 15.3 Å². The summed E-state index contributed by atoms with van der Waals surface area (Å²) in [4.78, 5) is 24.5. The second kappa shape index (κ2) is 12.4. The molecule has 0 fully saturated rings. The van der Waals surface area contributed by atoms with Gasteiger partial charge in [-0.15, -0.1) is 0 Å². The third-order valence-electron chi connectivity index (χ3n) is 5.43. The number of aryl methyl sites for hydroxylation is 1. The minimum atomic E-state index is -0.570. The van der Waals surface area contributed by atoms with Gasteiger partial charge in [0.25, 0.3) is 0 Å². The molecule has 3 aromatic rings. The molecule has 0 spiro atoms. The van der Waals surface area contributed by atoms with E-state index in [0.717, 1.165) is 34.0 Å². The van der Waals surface area contributed by atoms with Crippen LogP contribution in [0.15, 0.2) is 65.8 Å². The highest BCUT2D eigenvalue weighted by Gasteiger charge is 2.19. The van der Waals surface area contributed by atoms with Gasteiger partial charge >= 0.3 is 6.09 Å². The van der Waals surface area contributed by atoms with Crippen LogP contribution in [0.5, 0.6) is 5.75 Å². The number of ether oxygens (including phenoxy) is 2. The van der Waals surface area contributed by atoms with Crippen molar-refractivity contribution in [1.29, 1.82) is 0 Å². The summed E-state index contributed by atoms with van der Waals surface area (Å²) < 4.78 is 12.6. The van der Waals surface area contributed by atoms with E-state index in [4.69, 9.17) is 9.47 Å². The number of carbonyl (C=O) groups excluding carboxylic acids is 2. The van der Waals surface area contributed by atoms with Crippen molar-refractivity contribution in [2.45, 2.75) is 40.2 Å². The molecule has 35 heavy (non-hydrogen) atoms. The molecule has 0 aliphatic heterocycles. The Bertz CT molecular complexity index is 1150. The van der Waals surface area contributed by atoms with Crippen molar-refractivity contribution in [2.24, 2.45) is 5.10 Å². The highest BCUT2D eigenvalue weighted by atomic mass is 16.5. The number of rotatable bonds is 10. The van der Waals surface area contributed by atoms with Crippen molar-refractivity contribution < 1.29 is 19.1 Å². The molecule has 3 rings (SSSR count). The van der Waals surface area contributed by atoms with Gasteiger partial charge in [-0.1, -0.05) is 30.3 Å². The number of alkyl carbamates (subject to hydrolysis) is 1. The van der Waals surface area contributed by atoms with Gasteiger partial charge in [0, 0.05) is 22.6 Å². The van der Waals surface area contributed by atoms with E-state index in [1.807, 2.05) is 81.4 Å². The number of nitrogens with zero attached hydrogens (tertiary/aromatic N) is 2. The van der Waals surface area contributed by atoms with Crippen LogP contribution < -0.4 is 15.5 Å². The van der Waals surface area contributed by atoms with Crippen LogP contribution >= 0.6 is 0 Å². The average molecular weight is 477 g/mol. The SMILES string of the molecule is CCOC(=O)N[C@H](CC(=O)N/N=C\c1cc(C)n(-c2ccc(OCC)cc2)c1C)c1ccccc1. The van der Waals surface area contributed by atoms with Crippen LogP contribution in [0.1, 0.15) is 48.8 Å². The molecule has 0 bridgehead atoms. The molecule has 8 heteroatoms. The first-order valence-corrected chi connectivity index (χ1v) is 11.6. The minimum absolute atomic E-state index is 0.0192. The molecule has 0 radical (unpaired) electrons. The second-order valence-electron chi connectivity index (χ2n) is 7.91. The van der Waals surface area contributed by atoms with E-state index >= 15 is 0 Å². The number of carbonyl (C=O) groups is 2. The molecule has 0 unspecified atom stereocenters. The van der Waals surface area contributed by atoms with Gasteiger partial charge in [0.1, 0.15) is 5.75 Å². The molecule has 184 valence electrons. The molecular weight excluding hydrogens is 444 g/mol. The summed E-state index contributed by atoms with van der Waals surface area (Å²) in [5.41, 5.74) is 7.32. The summed E-state index contributed by atoms with van der Waals surface area (Å²) in [5, 5.41) is 6.89. The Kier molecular flexibility index (Phi) is 9.06. The number of amides is 2. The summed E-state index contributed by atoms with van der Waals surface area (Å²) in [7, 11) is 0. The standard InChI is InChI=1S/C27H32N4O4/c1-5-34-24-14-12-23(13-15-24)31-19(3)16-22(20(31)4)18-28-30-26(32)17-25(29-27(33)35-6-2)21-10-8-7-9-11-21/h7-16,18,25H,5-6,17H2,1-4H3,(H,29,33)(H,30,32)/b28-18-/t25-/m1/s1. The van der Waals surface area contributed by atoms with Crippen LogP contribution in [-0.4, -0.2) is 36.0 Å². The fourth-order valence-corrected chi connectivity index (χ4v) is 3.83. The van der Waals surface area contributed by atoms with Gasteiger partial charge in [-0.05, 0) is 63.6 Å². The summed E-state index contributed by atoms with van der Waals surface area (Å²) in [6.07, 6.45) is 1.08. The van der Waals surface area contributed by atoms with Crippen LogP contribution in [0.3, 0.4) is 0 Å². The summed E-state index contributed by atoms with van der Waals surface area (Å²) in [6.45, 7) is 8.58. The Morgan fingerprint density at radius 1 is 1.03 bits per heavy atom. The van der Waals surface area contributed by atoms with E-state index in [2.05, 4.69) is 20.4 Å². The molecule has 0 saturated heterocycles. The quantitative estimate of drug-likeness (QED) is 0.324. The number of benzene rings is 2. The number of hydrogen-bond donors (Lipinski definition) is 2. The summed E-state index contributed by atoms with van der Waals surface area (Å²) in [6, 6.07) is 18.7. The summed E-state index contributed by atoms with van der Waals surface area (Å²) >= 11 is 0. The molecule has 2 aromatic carbocycles. The predicted molar refractivity (Wildman–Crippen MR) is 136 cm³/mol. The van der Waals surface area contributed by atoms with Crippen molar-refractivity contribution in [3.05, 3.63) is 83.2 Å². The lowest BCUT2D eigenvalue weighted by atomic mass is 10.0. The van der Waals surface area contributed by atoms with Crippen LogP contribution in [0.4, 0.5) is 4.79 Å². The van der Waals surface area contributed by atoms with Gasteiger partial charge in [-0.25, -0.2) is 10.2 Å². The Morgan fingerprint density at radius 3 is 2.40 bits per heavy atom. The Hall–Kier alpha value is -4.07. The van der Waals surface area contributed by atoms with Crippen molar-refractivity contribution in [3.63, 3.8) is 0 Å². The number of aromatic nitrogens is 1. The maximum Gasteiger partial charge on any atom is 0.407 e. The lowest BCUT2D eigenvalue weighted by Gasteiger charge is -2.18. The van der Waals surface area contributed by atoms with Crippen molar-refractivity contribution in [3.8, 4) is 11.4 Å². The first-order chi connectivity index (χ1) is 16.9. The highest BCUT2D eigenvalue weighted by molar-refractivity contribution is 5.84. The molecule has 8 nitrogen and oxygen atoms in total. The van der Waals surface area contributed by atoms with E-state index < -0.39 is 12.1 Å². The fraction of sp³-hybridized carbons (Fsp3) is 0.296. The van der Waals surface area contributed by atoms with Gasteiger partial charge in [-0.3, -0.25) is 4.79 Å². The van der Waals surface area contributed by atoms with Crippen molar-refractivity contribution in [2.75, 3.05) is 13.2 Å². The average Bonchev–Trinajstić information content (AvgIpc) is 3.13. The molecule has 2 N–H and O–H groups in total. The number of hydrazone groups is 1.